The van der Waals surface area contributed by atoms with Crippen LogP contribution < -0.4 is 0 Å². The molecule has 2 fully saturated rings. The van der Waals surface area contributed by atoms with Crippen molar-refractivity contribution in [2.45, 2.75) is 59.5 Å². The molecule has 2 nitrogen and oxygen atoms in total. The van der Waals surface area contributed by atoms with Gasteiger partial charge >= 0.3 is 31.1 Å². The minimum absolute atomic E-state index is 0. The maximum atomic E-state index is 4.48. The number of hydrogen-bond donors (Lipinski definition) is 0. The summed E-state index contributed by atoms with van der Waals surface area (Å²) in [6.45, 7) is 16.7. The first-order valence-electron chi connectivity index (χ1n) is 6.49. The Hall–Kier alpha value is 0.972. The Balaban J connectivity index is 0.000000453. The maximum Gasteiger partial charge on any atom is 2.00 e. The molecule has 0 radical (unpaired) electrons. The summed E-state index contributed by atoms with van der Waals surface area (Å²) >= 11 is 0. The van der Waals surface area contributed by atoms with E-state index >= 15 is 0 Å². The number of nitrogens with zero attached hydrogens (tertiary/aromatic N) is 2. The quantitative estimate of drug-likeness (QED) is 0.504. The first-order chi connectivity index (χ1) is 7.32. The fraction of sp³-hybridized carbons (Fsp3) is 0.929. The van der Waals surface area contributed by atoms with Gasteiger partial charge in [-0.05, 0) is 32.7 Å². The molecule has 0 saturated carbocycles. The maximum absolute atomic E-state index is 4.48. The van der Waals surface area contributed by atoms with Crippen molar-refractivity contribution in [3.8, 4) is 0 Å². The number of hydrogen-bond acceptors (Lipinski definition) is 1. The van der Waals surface area contributed by atoms with Crippen LogP contribution in [0, 0.1) is 42.9 Å². The van der Waals surface area contributed by atoms with E-state index in [9.17, 15) is 0 Å². The van der Waals surface area contributed by atoms with Crippen molar-refractivity contribution in [1.29, 1.82) is 0 Å². The molecule has 2 aliphatic heterocycles. The van der Waals surface area contributed by atoms with Gasteiger partial charge in [0.15, 0.2) is 0 Å². The van der Waals surface area contributed by atoms with Crippen LogP contribution in [0.25, 0.3) is 5.32 Å². The molecule has 2 rings (SSSR count). The Labute approximate surface area is 132 Å². The van der Waals surface area contributed by atoms with Crippen LogP contribution in [0.3, 0.4) is 0 Å². The Morgan fingerprint density at radius 2 is 1.71 bits per heavy atom. The van der Waals surface area contributed by atoms with Crippen LogP contribution in [0.1, 0.15) is 48.0 Å². The molecule has 0 N–H and O–H groups in total. The molecule has 0 aliphatic carbocycles. The van der Waals surface area contributed by atoms with Crippen molar-refractivity contribution in [3.05, 3.63) is 11.2 Å². The van der Waals surface area contributed by atoms with Crippen molar-refractivity contribution < 1.29 is 31.1 Å². The number of fused-ring (bicyclic) bond motifs is 1. The molecule has 0 aromatic rings. The van der Waals surface area contributed by atoms with Crippen LogP contribution in [0.4, 0.5) is 0 Å². The SMILES string of the molecule is CC(C)(C)N1CC2CC[N-]CC21.C[C-](C)C.[U+2]. The van der Waals surface area contributed by atoms with E-state index in [-0.39, 0.29) is 31.1 Å². The predicted molar refractivity (Wildman–Crippen MR) is 71.7 cm³/mol. The summed E-state index contributed by atoms with van der Waals surface area (Å²) in [5.74, 6) is 2.38. The minimum atomic E-state index is 0. The van der Waals surface area contributed by atoms with Crippen LogP contribution in [-0.2, 0) is 0 Å². The van der Waals surface area contributed by atoms with E-state index in [0.717, 1.165) is 25.0 Å². The van der Waals surface area contributed by atoms with Gasteiger partial charge in [-0.3, -0.25) is 4.90 Å². The molecule has 0 bridgehead atoms. The molecule has 98 valence electrons. The monoisotopic (exact) mass is 462 g/mol. The summed E-state index contributed by atoms with van der Waals surface area (Å²) in [4.78, 5) is 2.60. The average Bonchev–Trinajstić information content (AvgIpc) is 2.03. The predicted octanol–water partition coefficient (Wildman–Crippen LogP) is 3.48. The summed E-state index contributed by atoms with van der Waals surface area (Å²) in [5.41, 5.74) is 0.355. The van der Waals surface area contributed by atoms with Crippen molar-refractivity contribution in [2.75, 3.05) is 19.6 Å². The fourth-order valence-electron chi connectivity index (χ4n) is 2.41. The molecule has 3 heteroatoms. The molecule has 0 aromatic carbocycles. The summed E-state index contributed by atoms with van der Waals surface area (Å²) < 4.78 is 0. The smallest absolute Gasteiger partial charge is 0.661 e. The third-order valence-electron chi connectivity index (χ3n) is 3.21. The second kappa shape index (κ2) is 7.53. The van der Waals surface area contributed by atoms with E-state index < -0.39 is 0 Å². The van der Waals surface area contributed by atoms with Gasteiger partial charge in [0.05, 0.1) is 0 Å². The van der Waals surface area contributed by atoms with Crippen LogP contribution in [0.2, 0.25) is 0 Å². The molecule has 0 spiro atoms. The zero-order valence-corrected chi connectivity index (χ0v) is 16.5. The van der Waals surface area contributed by atoms with Gasteiger partial charge in [0, 0.05) is 12.1 Å². The molecule has 2 saturated heterocycles. The number of rotatable bonds is 0. The fourth-order valence-corrected chi connectivity index (χ4v) is 2.41. The van der Waals surface area contributed by atoms with Gasteiger partial charge in [0.1, 0.15) is 0 Å². The Bertz CT molecular complexity index is 208. The summed E-state index contributed by atoms with van der Waals surface area (Å²) in [6.07, 6.45) is 1.33. The van der Waals surface area contributed by atoms with E-state index in [1.165, 1.54) is 18.9 Å². The standard InChI is InChI=1S/C10H19N2.C4H9.U/c1-10(2,3)12-7-8-4-5-11-6-9(8)12;1-4(2)3;/h8-9H,4-7H2,1-3H3;1-3H3;/q2*-1;+2. The zero-order chi connectivity index (χ0) is 12.3. The summed E-state index contributed by atoms with van der Waals surface area (Å²) in [7, 11) is 0. The molecular formula is C14H28N2U. The zero-order valence-electron chi connectivity index (χ0n) is 12.4. The Morgan fingerprint density at radius 1 is 1.18 bits per heavy atom. The Morgan fingerprint density at radius 3 is 2.12 bits per heavy atom. The van der Waals surface area contributed by atoms with E-state index in [1.807, 2.05) is 0 Å². The van der Waals surface area contributed by atoms with Crippen molar-refractivity contribution in [3.63, 3.8) is 0 Å². The van der Waals surface area contributed by atoms with E-state index in [1.54, 1.807) is 0 Å². The number of likely N-dealkylation sites (tertiary alicyclic amines) is 1. The van der Waals surface area contributed by atoms with Crippen molar-refractivity contribution >= 4 is 0 Å². The summed E-state index contributed by atoms with van der Waals surface area (Å²) in [5, 5.41) is 4.48. The first-order valence-corrected chi connectivity index (χ1v) is 6.49. The Kier molecular flexibility index (Phi) is 7.97. The van der Waals surface area contributed by atoms with Gasteiger partial charge in [-0.2, -0.15) is 20.8 Å². The van der Waals surface area contributed by atoms with Gasteiger partial charge in [-0.25, -0.2) is 0 Å². The third kappa shape index (κ3) is 5.64. The second-order valence-electron chi connectivity index (χ2n) is 6.57. The van der Waals surface area contributed by atoms with E-state index in [0.29, 0.717) is 5.54 Å². The van der Waals surface area contributed by atoms with Crippen molar-refractivity contribution in [2.24, 2.45) is 5.92 Å². The largest absolute Gasteiger partial charge is 2.00 e. The third-order valence-corrected chi connectivity index (χ3v) is 3.21. The van der Waals surface area contributed by atoms with Gasteiger partial charge < -0.3 is 11.2 Å². The van der Waals surface area contributed by atoms with Gasteiger partial charge in [-0.15, -0.1) is 13.1 Å². The molecular weight excluding hydrogens is 434 g/mol. The normalized spacial score (nSPS) is 28.4. The minimum Gasteiger partial charge on any atom is -0.661 e. The first kappa shape index (κ1) is 18.0. The molecule has 2 unspecified atom stereocenters. The van der Waals surface area contributed by atoms with E-state index in [2.05, 4.69) is 51.8 Å². The molecule has 0 aromatic heterocycles. The molecule has 2 atom stereocenters. The summed E-state index contributed by atoms with van der Waals surface area (Å²) in [6, 6.07) is 0.777. The van der Waals surface area contributed by atoms with Crippen LogP contribution >= 0.6 is 0 Å². The van der Waals surface area contributed by atoms with E-state index in [4.69, 9.17) is 0 Å². The van der Waals surface area contributed by atoms with Crippen molar-refractivity contribution in [1.82, 2.24) is 4.90 Å². The van der Waals surface area contributed by atoms with Crippen LogP contribution in [0.15, 0.2) is 0 Å². The second-order valence-corrected chi connectivity index (χ2v) is 6.57. The molecule has 2 aliphatic rings. The number of piperidine rings is 1. The molecule has 0 amide bonds. The molecule has 17 heavy (non-hydrogen) atoms. The van der Waals surface area contributed by atoms with Crippen LogP contribution in [-0.4, -0.2) is 36.1 Å². The van der Waals surface area contributed by atoms with Crippen LogP contribution in [0.5, 0.6) is 0 Å². The average molecular weight is 462 g/mol. The van der Waals surface area contributed by atoms with Gasteiger partial charge in [-0.1, -0.05) is 6.42 Å². The van der Waals surface area contributed by atoms with Gasteiger partial charge in [0.25, 0.3) is 0 Å². The topological polar surface area (TPSA) is 17.3 Å². The van der Waals surface area contributed by atoms with Gasteiger partial charge in [0.2, 0.25) is 0 Å². The molecule has 2 heterocycles.